The van der Waals surface area contributed by atoms with Crippen molar-refractivity contribution in [1.29, 1.82) is 0 Å². The van der Waals surface area contributed by atoms with Gasteiger partial charge in [0.25, 0.3) is 0 Å². The van der Waals surface area contributed by atoms with Gasteiger partial charge in [-0.1, -0.05) is 11.6 Å². The third-order valence-electron chi connectivity index (χ3n) is 2.59. The van der Waals surface area contributed by atoms with Gasteiger partial charge in [-0.3, -0.25) is 9.58 Å². The Morgan fingerprint density at radius 3 is 2.64 bits per heavy atom. The van der Waals surface area contributed by atoms with E-state index in [1.807, 2.05) is 14.0 Å². The van der Waals surface area contributed by atoms with Crippen LogP contribution >= 0.6 is 11.6 Å². The van der Waals surface area contributed by atoms with Crippen LogP contribution in [-0.4, -0.2) is 39.0 Å². The molecule has 1 aromatic heterocycles. The van der Waals surface area contributed by atoms with Gasteiger partial charge in [0.15, 0.2) is 0 Å². The Kier molecular flexibility index (Phi) is 2.51. The zero-order valence-corrected chi connectivity index (χ0v) is 9.12. The first-order valence-electron chi connectivity index (χ1n) is 4.66. The second-order valence-corrected chi connectivity index (χ2v) is 4.18. The van der Waals surface area contributed by atoms with E-state index in [4.69, 9.17) is 16.7 Å². The van der Waals surface area contributed by atoms with E-state index in [9.17, 15) is 0 Å². The Balaban J connectivity index is 2.09. The van der Waals surface area contributed by atoms with E-state index >= 15 is 0 Å². The minimum Gasteiger partial charge on any atom is -0.390 e. The smallest absolute Gasteiger partial charge is 0.131 e. The van der Waals surface area contributed by atoms with Gasteiger partial charge in [-0.25, -0.2) is 0 Å². The van der Waals surface area contributed by atoms with Gasteiger partial charge in [0.05, 0.1) is 11.8 Å². The summed E-state index contributed by atoms with van der Waals surface area (Å²) in [5.74, 6) is 0. The second-order valence-electron chi connectivity index (χ2n) is 3.83. The molecule has 1 aliphatic rings. The van der Waals surface area contributed by atoms with E-state index in [-0.39, 0.29) is 6.10 Å². The number of rotatable bonds is 2. The molecular formula is C9H14ClN3O. The maximum absolute atomic E-state index is 9.14. The molecule has 0 spiro atoms. The monoisotopic (exact) mass is 215 g/mol. The first-order valence-corrected chi connectivity index (χ1v) is 5.04. The highest BCUT2D eigenvalue weighted by molar-refractivity contribution is 6.30. The number of aryl methyl sites for hydroxylation is 2. The van der Waals surface area contributed by atoms with Gasteiger partial charge in [0.2, 0.25) is 0 Å². The topological polar surface area (TPSA) is 41.3 Å². The maximum Gasteiger partial charge on any atom is 0.131 e. The molecule has 0 unspecified atom stereocenters. The van der Waals surface area contributed by atoms with Gasteiger partial charge >= 0.3 is 0 Å². The summed E-state index contributed by atoms with van der Waals surface area (Å²) in [5.41, 5.74) is 2.04. The summed E-state index contributed by atoms with van der Waals surface area (Å²) < 4.78 is 1.68. The molecular weight excluding hydrogens is 202 g/mol. The van der Waals surface area contributed by atoms with Gasteiger partial charge < -0.3 is 5.11 Å². The quantitative estimate of drug-likeness (QED) is 0.784. The van der Waals surface area contributed by atoms with E-state index in [0.717, 1.165) is 30.9 Å². The third kappa shape index (κ3) is 1.65. The molecule has 0 saturated carbocycles. The summed E-state index contributed by atoms with van der Waals surface area (Å²) in [5, 5.41) is 14.1. The molecule has 4 nitrogen and oxygen atoms in total. The van der Waals surface area contributed by atoms with Crippen molar-refractivity contribution in [3.05, 3.63) is 16.4 Å². The molecule has 0 aromatic carbocycles. The molecule has 2 heterocycles. The van der Waals surface area contributed by atoms with Crippen LogP contribution in [0.25, 0.3) is 0 Å². The Morgan fingerprint density at radius 2 is 2.21 bits per heavy atom. The summed E-state index contributed by atoms with van der Waals surface area (Å²) in [6.45, 7) is 4.22. The van der Waals surface area contributed by atoms with Crippen LogP contribution < -0.4 is 0 Å². The first kappa shape index (κ1) is 9.96. The molecule has 0 radical (unpaired) electrons. The van der Waals surface area contributed by atoms with Crippen LogP contribution in [0, 0.1) is 6.92 Å². The number of β-amino-alcohol motifs (C(OH)–C–C–N with tert-alkyl or cyclic N) is 1. The lowest BCUT2D eigenvalue weighted by atomic mass is 10.1. The number of hydrogen-bond acceptors (Lipinski definition) is 3. The Labute approximate surface area is 88.1 Å². The lowest BCUT2D eigenvalue weighted by Crippen LogP contribution is -2.49. The van der Waals surface area contributed by atoms with Crippen molar-refractivity contribution in [3.8, 4) is 0 Å². The molecule has 1 N–H and O–H groups in total. The van der Waals surface area contributed by atoms with Gasteiger partial charge in [-0.15, -0.1) is 0 Å². The molecule has 5 heteroatoms. The summed E-state index contributed by atoms with van der Waals surface area (Å²) >= 11 is 6.09. The number of aliphatic hydroxyl groups is 1. The zero-order valence-electron chi connectivity index (χ0n) is 8.37. The summed E-state index contributed by atoms with van der Waals surface area (Å²) in [4.78, 5) is 2.15. The van der Waals surface area contributed by atoms with Gasteiger partial charge in [0.1, 0.15) is 5.15 Å². The lowest BCUT2D eigenvalue weighted by molar-refractivity contribution is -0.00296. The molecule has 0 bridgehead atoms. The molecule has 1 saturated heterocycles. The Bertz CT molecular complexity index is 344. The van der Waals surface area contributed by atoms with E-state index in [1.54, 1.807) is 4.68 Å². The maximum atomic E-state index is 9.14. The molecule has 0 amide bonds. The van der Waals surface area contributed by atoms with Crippen LogP contribution in [0.4, 0.5) is 0 Å². The van der Waals surface area contributed by atoms with Crippen molar-refractivity contribution in [1.82, 2.24) is 14.7 Å². The van der Waals surface area contributed by atoms with E-state index in [0.29, 0.717) is 5.15 Å². The predicted molar refractivity (Wildman–Crippen MR) is 54.2 cm³/mol. The van der Waals surface area contributed by atoms with Crippen LogP contribution in [0.1, 0.15) is 11.3 Å². The van der Waals surface area contributed by atoms with E-state index < -0.39 is 0 Å². The van der Waals surface area contributed by atoms with Crippen LogP contribution in [-0.2, 0) is 13.6 Å². The molecule has 1 aromatic rings. The van der Waals surface area contributed by atoms with Gasteiger partial charge in [-0.2, -0.15) is 5.10 Å². The minimum atomic E-state index is -0.161. The molecule has 1 fully saturated rings. The normalized spacial score (nSPS) is 18.6. The summed E-state index contributed by atoms with van der Waals surface area (Å²) in [6.07, 6.45) is -0.161. The molecule has 0 aliphatic carbocycles. The molecule has 0 atom stereocenters. The molecule has 14 heavy (non-hydrogen) atoms. The number of hydrogen-bond donors (Lipinski definition) is 1. The van der Waals surface area contributed by atoms with Crippen molar-refractivity contribution in [3.63, 3.8) is 0 Å². The number of aromatic nitrogens is 2. The highest BCUT2D eigenvalue weighted by Crippen LogP contribution is 2.22. The minimum absolute atomic E-state index is 0.161. The largest absolute Gasteiger partial charge is 0.390 e. The van der Waals surface area contributed by atoms with Gasteiger partial charge in [-0.05, 0) is 6.92 Å². The average Bonchev–Trinajstić information content (AvgIpc) is 2.29. The number of nitrogens with zero attached hydrogens (tertiary/aromatic N) is 3. The fourth-order valence-electron chi connectivity index (χ4n) is 1.75. The van der Waals surface area contributed by atoms with E-state index in [2.05, 4.69) is 10.00 Å². The van der Waals surface area contributed by atoms with Crippen molar-refractivity contribution < 1.29 is 5.11 Å². The highest BCUT2D eigenvalue weighted by atomic mass is 35.5. The highest BCUT2D eigenvalue weighted by Gasteiger charge is 2.26. The summed E-state index contributed by atoms with van der Waals surface area (Å²) in [7, 11) is 1.84. The fourth-order valence-corrected chi connectivity index (χ4v) is 1.98. The van der Waals surface area contributed by atoms with E-state index in [1.165, 1.54) is 0 Å². The van der Waals surface area contributed by atoms with Crippen molar-refractivity contribution >= 4 is 11.6 Å². The fraction of sp³-hybridized carbons (Fsp3) is 0.667. The molecule has 78 valence electrons. The SMILES string of the molecule is Cc1nn(C)c(Cl)c1CN1CC(O)C1. The van der Waals surface area contributed by atoms with Crippen molar-refractivity contribution in [2.75, 3.05) is 13.1 Å². The Morgan fingerprint density at radius 1 is 1.57 bits per heavy atom. The third-order valence-corrected chi connectivity index (χ3v) is 3.06. The second kappa shape index (κ2) is 3.53. The Hall–Kier alpha value is -0.580. The van der Waals surface area contributed by atoms with Crippen molar-refractivity contribution in [2.45, 2.75) is 19.6 Å². The summed E-state index contributed by atoms with van der Waals surface area (Å²) in [6, 6.07) is 0. The van der Waals surface area contributed by atoms with Crippen LogP contribution in [0.5, 0.6) is 0 Å². The molecule has 2 rings (SSSR count). The van der Waals surface area contributed by atoms with Crippen LogP contribution in [0.2, 0.25) is 5.15 Å². The number of aliphatic hydroxyl groups excluding tert-OH is 1. The zero-order chi connectivity index (χ0) is 10.3. The number of likely N-dealkylation sites (tertiary alicyclic amines) is 1. The van der Waals surface area contributed by atoms with Crippen LogP contribution in [0.3, 0.4) is 0 Å². The van der Waals surface area contributed by atoms with Crippen LogP contribution in [0.15, 0.2) is 0 Å². The molecule has 1 aliphatic heterocycles. The number of halogens is 1. The van der Waals surface area contributed by atoms with Gasteiger partial charge in [0, 0.05) is 32.2 Å². The standard InChI is InChI=1S/C9H14ClN3O/c1-6-8(9(10)12(2)11-6)5-13-3-7(14)4-13/h7,14H,3-5H2,1-2H3. The lowest BCUT2D eigenvalue weighted by Gasteiger charge is -2.35. The first-order chi connectivity index (χ1) is 6.58. The average molecular weight is 216 g/mol. The van der Waals surface area contributed by atoms with Crippen molar-refractivity contribution in [2.24, 2.45) is 7.05 Å². The predicted octanol–water partition coefficient (Wildman–Crippen LogP) is 0.558.